The molecule has 0 saturated heterocycles. The van der Waals surface area contributed by atoms with Crippen LogP contribution in [0.25, 0.3) is 0 Å². The lowest BCUT2D eigenvalue weighted by molar-refractivity contribution is 0.169. The first-order valence-corrected chi connectivity index (χ1v) is 6.78. The molecule has 4 nitrogen and oxygen atoms in total. The zero-order valence-electron chi connectivity index (χ0n) is 11.7. The molecule has 0 aliphatic heterocycles. The Morgan fingerprint density at radius 1 is 1.10 bits per heavy atom. The summed E-state index contributed by atoms with van der Waals surface area (Å²) < 4.78 is 11.3. The number of para-hydroxylation sites is 2. The maximum atomic E-state index is 9.70. The van der Waals surface area contributed by atoms with Gasteiger partial charge in [0.1, 0.15) is 5.75 Å². The molecule has 20 heavy (non-hydrogen) atoms. The van der Waals surface area contributed by atoms with Gasteiger partial charge >= 0.3 is 0 Å². The standard InChI is InChI=1S/C16H19NO3/c1-3-14(18)13-10-9-12(11-17-13)20-16-8-6-5-7-15(16)19-4-2/h5-11,14,18H,3-4H2,1-2H3/t14-/m0/s1. The summed E-state index contributed by atoms with van der Waals surface area (Å²) in [6.45, 7) is 4.43. The van der Waals surface area contributed by atoms with Crippen LogP contribution >= 0.6 is 0 Å². The summed E-state index contributed by atoms with van der Waals surface area (Å²) in [5.41, 5.74) is 0.651. The molecule has 0 aliphatic rings. The second-order valence-electron chi connectivity index (χ2n) is 4.32. The minimum atomic E-state index is -0.528. The van der Waals surface area contributed by atoms with E-state index in [1.165, 1.54) is 0 Å². The van der Waals surface area contributed by atoms with E-state index in [-0.39, 0.29) is 0 Å². The molecule has 1 aromatic heterocycles. The third-order valence-electron chi connectivity index (χ3n) is 2.86. The van der Waals surface area contributed by atoms with Crippen molar-refractivity contribution < 1.29 is 14.6 Å². The molecule has 1 atom stereocenters. The zero-order valence-corrected chi connectivity index (χ0v) is 11.7. The van der Waals surface area contributed by atoms with E-state index in [2.05, 4.69) is 4.98 Å². The van der Waals surface area contributed by atoms with E-state index in [0.29, 0.717) is 36.0 Å². The molecule has 1 heterocycles. The molecular formula is C16H19NO3. The Labute approximate surface area is 119 Å². The van der Waals surface area contributed by atoms with Crippen LogP contribution in [0.2, 0.25) is 0 Å². The average Bonchev–Trinajstić information content (AvgIpc) is 2.49. The molecule has 0 amide bonds. The van der Waals surface area contributed by atoms with Crippen LogP contribution in [0, 0.1) is 0 Å². The van der Waals surface area contributed by atoms with Gasteiger partial charge in [-0.25, -0.2) is 0 Å². The van der Waals surface area contributed by atoms with Crippen molar-refractivity contribution >= 4 is 0 Å². The molecule has 0 spiro atoms. The summed E-state index contributed by atoms with van der Waals surface area (Å²) in [4.78, 5) is 4.21. The van der Waals surface area contributed by atoms with E-state index in [9.17, 15) is 5.11 Å². The topological polar surface area (TPSA) is 51.6 Å². The average molecular weight is 273 g/mol. The van der Waals surface area contributed by atoms with Crippen LogP contribution in [-0.4, -0.2) is 16.7 Å². The highest BCUT2D eigenvalue weighted by atomic mass is 16.5. The van der Waals surface area contributed by atoms with E-state index in [0.717, 1.165) is 0 Å². The lowest BCUT2D eigenvalue weighted by Crippen LogP contribution is -1.99. The van der Waals surface area contributed by atoms with Crippen molar-refractivity contribution in [2.45, 2.75) is 26.4 Å². The summed E-state index contributed by atoms with van der Waals surface area (Å²) in [5, 5.41) is 9.70. The van der Waals surface area contributed by atoms with Crippen LogP contribution < -0.4 is 9.47 Å². The Kier molecular flexibility index (Phi) is 4.96. The Morgan fingerprint density at radius 3 is 2.45 bits per heavy atom. The Bertz CT molecular complexity index is 540. The molecule has 1 aromatic carbocycles. The summed E-state index contributed by atoms with van der Waals surface area (Å²) >= 11 is 0. The van der Waals surface area contributed by atoms with E-state index in [4.69, 9.17) is 9.47 Å². The van der Waals surface area contributed by atoms with E-state index >= 15 is 0 Å². The monoisotopic (exact) mass is 273 g/mol. The zero-order chi connectivity index (χ0) is 14.4. The predicted octanol–water partition coefficient (Wildman–Crippen LogP) is 3.72. The third-order valence-corrected chi connectivity index (χ3v) is 2.86. The first kappa shape index (κ1) is 14.3. The lowest BCUT2D eigenvalue weighted by Gasteiger charge is -2.12. The molecule has 2 aromatic rings. The Morgan fingerprint density at radius 2 is 1.85 bits per heavy atom. The number of benzene rings is 1. The van der Waals surface area contributed by atoms with Gasteiger partial charge in [0.05, 0.1) is 24.6 Å². The summed E-state index contributed by atoms with van der Waals surface area (Å²) in [5.74, 6) is 1.97. The first-order chi connectivity index (χ1) is 9.74. The molecule has 0 fully saturated rings. The van der Waals surface area contributed by atoms with Crippen LogP contribution in [0.5, 0.6) is 17.2 Å². The van der Waals surface area contributed by atoms with Gasteiger partial charge in [-0.05, 0) is 37.6 Å². The number of aliphatic hydroxyl groups excluding tert-OH is 1. The maximum Gasteiger partial charge on any atom is 0.169 e. The van der Waals surface area contributed by atoms with Gasteiger partial charge in [0, 0.05) is 0 Å². The van der Waals surface area contributed by atoms with Crippen molar-refractivity contribution in [3.63, 3.8) is 0 Å². The van der Waals surface area contributed by atoms with Crippen LogP contribution in [0.4, 0.5) is 0 Å². The number of aliphatic hydroxyl groups is 1. The highest BCUT2D eigenvalue weighted by molar-refractivity contribution is 5.42. The van der Waals surface area contributed by atoms with Gasteiger partial charge in [-0.1, -0.05) is 19.1 Å². The second-order valence-corrected chi connectivity index (χ2v) is 4.32. The highest BCUT2D eigenvalue weighted by Crippen LogP contribution is 2.31. The van der Waals surface area contributed by atoms with Gasteiger partial charge in [0.25, 0.3) is 0 Å². The van der Waals surface area contributed by atoms with Crippen LogP contribution in [-0.2, 0) is 0 Å². The fourth-order valence-corrected chi connectivity index (χ4v) is 1.79. The van der Waals surface area contributed by atoms with E-state index in [1.807, 2.05) is 38.1 Å². The number of ether oxygens (including phenoxy) is 2. The van der Waals surface area contributed by atoms with Crippen molar-refractivity contribution in [2.24, 2.45) is 0 Å². The molecule has 0 saturated carbocycles. The smallest absolute Gasteiger partial charge is 0.169 e. The predicted molar refractivity (Wildman–Crippen MR) is 77.2 cm³/mol. The van der Waals surface area contributed by atoms with Gasteiger partial charge in [0.2, 0.25) is 0 Å². The summed E-state index contributed by atoms with van der Waals surface area (Å²) in [6, 6.07) is 11.1. The summed E-state index contributed by atoms with van der Waals surface area (Å²) in [7, 11) is 0. The van der Waals surface area contributed by atoms with Gasteiger partial charge < -0.3 is 14.6 Å². The van der Waals surface area contributed by atoms with Crippen molar-refractivity contribution in [3.8, 4) is 17.2 Å². The molecule has 2 rings (SSSR count). The summed E-state index contributed by atoms with van der Waals surface area (Å²) in [6.07, 6.45) is 1.72. The van der Waals surface area contributed by atoms with Gasteiger partial charge in [-0.2, -0.15) is 0 Å². The number of nitrogens with zero attached hydrogens (tertiary/aromatic N) is 1. The van der Waals surface area contributed by atoms with Crippen molar-refractivity contribution in [1.29, 1.82) is 0 Å². The van der Waals surface area contributed by atoms with Gasteiger partial charge in [0.15, 0.2) is 11.5 Å². The first-order valence-electron chi connectivity index (χ1n) is 6.78. The van der Waals surface area contributed by atoms with Gasteiger partial charge in [-0.3, -0.25) is 4.98 Å². The normalized spacial score (nSPS) is 11.9. The lowest BCUT2D eigenvalue weighted by atomic mass is 10.2. The van der Waals surface area contributed by atoms with Crippen LogP contribution in [0.3, 0.4) is 0 Å². The quantitative estimate of drug-likeness (QED) is 0.871. The molecule has 4 heteroatoms. The van der Waals surface area contributed by atoms with Crippen LogP contribution in [0.15, 0.2) is 42.6 Å². The Balaban J connectivity index is 2.14. The number of pyridine rings is 1. The molecule has 0 unspecified atom stereocenters. The molecule has 0 radical (unpaired) electrons. The minimum Gasteiger partial charge on any atom is -0.490 e. The highest BCUT2D eigenvalue weighted by Gasteiger charge is 2.08. The third kappa shape index (κ3) is 3.48. The largest absolute Gasteiger partial charge is 0.490 e. The molecule has 0 bridgehead atoms. The molecule has 1 N–H and O–H groups in total. The van der Waals surface area contributed by atoms with E-state index in [1.54, 1.807) is 18.3 Å². The van der Waals surface area contributed by atoms with Crippen molar-refractivity contribution in [1.82, 2.24) is 4.98 Å². The fraction of sp³-hybridized carbons (Fsp3) is 0.312. The fourth-order valence-electron chi connectivity index (χ4n) is 1.79. The van der Waals surface area contributed by atoms with Crippen molar-refractivity contribution in [3.05, 3.63) is 48.3 Å². The number of hydrogen-bond acceptors (Lipinski definition) is 4. The van der Waals surface area contributed by atoms with Gasteiger partial charge in [-0.15, -0.1) is 0 Å². The maximum absolute atomic E-state index is 9.70. The second kappa shape index (κ2) is 6.91. The molecular weight excluding hydrogens is 254 g/mol. The number of hydrogen-bond donors (Lipinski definition) is 1. The SMILES string of the molecule is CCOc1ccccc1Oc1ccc([C@@H](O)CC)nc1. The van der Waals surface area contributed by atoms with E-state index < -0.39 is 6.10 Å². The minimum absolute atomic E-state index is 0.528. The number of rotatable bonds is 6. The Hall–Kier alpha value is -2.07. The molecule has 106 valence electrons. The molecule has 0 aliphatic carbocycles. The number of aromatic nitrogens is 1. The van der Waals surface area contributed by atoms with Crippen LogP contribution in [0.1, 0.15) is 32.1 Å². The van der Waals surface area contributed by atoms with Crippen molar-refractivity contribution in [2.75, 3.05) is 6.61 Å².